The molecule has 0 radical (unpaired) electrons. The quantitative estimate of drug-likeness (QED) is 0.878. The molecule has 0 spiro atoms. The van der Waals surface area contributed by atoms with Crippen LogP contribution in [-0.4, -0.2) is 9.78 Å². The van der Waals surface area contributed by atoms with Gasteiger partial charge in [0.05, 0.1) is 11.9 Å². The molecule has 1 aromatic heterocycles. The van der Waals surface area contributed by atoms with E-state index in [0.29, 0.717) is 12.1 Å². The molecule has 1 aromatic carbocycles. The summed E-state index contributed by atoms with van der Waals surface area (Å²) >= 11 is 3.02. The highest BCUT2D eigenvalue weighted by atomic mass is 79.9. The molecule has 84 valence electrons. The Kier molecular flexibility index (Phi) is 2.63. The minimum atomic E-state index is -1.05. The molecule has 0 saturated heterocycles. The van der Waals surface area contributed by atoms with Gasteiger partial charge in [-0.2, -0.15) is 5.10 Å². The summed E-state index contributed by atoms with van der Waals surface area (Å²) in [7, 11) is 0. The van der Waals surface area contributed by atoms with Crippen molar-refractivity contribution in [2.45, 2.75) is 0 Å². The summed E-state index contributed by atoms with van der Waals surface area (Å²) in [6.07, 6.45) is 1.23. The van der Waals surface area contributed by atoms with Crippen molar-refractivity contribution in [2.75, 3.05) is 5.73 Å². The van der Waals surface area contributed by atoms with Gasteiger partial charge in [0.15, 0.2) is 11.6 Å². The van der Waals surface area contributed by atoms with Crippen LogP contribution >= 0.6 is 15.9 Å². The van der Waals surface area contributed by atoms with E-state index in [2.05, 4.69) is 21.0 Å². The predicted octanol–water partition coefficient (Wildman–Crippen LogP) is 2.63. The van der Waals surface area contributed by atoms with Gasteiger partial charge in [-0.3, -0.25) is 0 Å². The molecular formula is C9H5BrF3N3. The Morgan fingerprint density at radius 1 is 1.19 bits per heavy atom. The van der Waals surface area contributed by atoms with E-state index in [4.69, 9.17) is 5.73 Å². The average molecular weight is 292 g/mol. The number of hydrogen-bond acceptors (Lipinski definition) is 2. The van der Waals surface area contributed by atoms with Crippen molar-refractivity contribution >= 4 is 21.6 Å². The maximum atomic E-state index is 13.4. The number of aromatic nitrogens is 2. The SMILES string of the molecule is Nc1cnn(-c2c(F)cc(F)cc2F)c1Br. The number of anilines is 1. The van der Waals surface area contributed by atoms with Crippen molar-refractivity contribution in [3.63, 3.8) is 0 Å². The molecule has 2 aromatic rings. The zero-order valence-electron chi connectivity index (χ0n) is 7.72. The van der Waals surface area contributed by atoms with Crippen LogP contribution in [0.15, 0.2) is 22.9 Å². The summed E-state index contributed by atoms with van der Waals surface area (Å²) in [4.78, 5) is 0. The maximum absolute atomic E-state index is 13.4. The normalized spacial score (nSPS) is 10.8. The van der Waals surface area contributed by atoms with Gasteiger partial charge in [-0.15, -0.1) is 0 Å². The Labute approximate surface area is 96.8 Å². The summed E-state index contributed by atoms with van der Waals surface area (Å²) in [5, 5.41) is 3.68. The van der Waals surface area contributed by atoms with Crippen LogP contribution in [0.3, 0.4) is 0 Å². The van der Waals surface area contributed by atoms with Gasteiger partial charge >= 0.3 is 0 Å². The second kappa shape index (κ2) is 3.82. The molecule has 1 heterocycles. The monoisotopic (exact) mass is 291 g/mol. The van der Waals surface area contributed by atoms with Crippen molar-refractivity contribution < 1.29 is 13.2 Å². The van der Waals surface area contributed by atoms with Crippen molar-refractivity contribution in [1.29, 1.82) is 0 Å². The zero-order valence-corrected chi connectivity index (χ0v) is 9.30. The minimum absolute atomic E-state index is 0.205. The van der Waals surface area contributed by atoms with E-state index < -0.39 is 23.1 Å². The van der Waals surface area contributed by atoms with Crippen LogP contribution in [-0.2, 0) is 0 Å². The Balaban J connectivity index is 2.69. The number of benzene rings is 1. The molecule has 2 N–H and O–H groups in total. The highest BCUT2D eigenvalue weighted by Crippen LogP contribution is 2.26. The largest absolute Gasteiger partial charge is 0.395 e. The van der Waals surface area contributed by atoms with Gasteiger partial charge < -0.3 is 5.73 Å². The highest BCUT2D eigenvalue weighted by molar-refractivity contribution is 9.10. The summed E-state index contributed by atoms with van der Waals surface area (Å²) in [6.45, 7) is 0. The van der Waals surface area contributed by atoms with Gasteiger partial charge in [0, 0.05) is 12.1 Å². The summed E-state index contributed by atoms with van der Waals surface area (Å²) in [5.41, 5.74) is 5.20. The fourth-order valence-electron chi connectivity index (χ4n) is 1.24. The van der Waals surface area contributed by atoms with Gasteiger partial charge in [-0.05, 0) is 15.9 Å². The molecule has 0 bridgehead atoms. The first-order valence-corrected chi connectivity index (χ1v) is 4.94. The van der Waals surface area contributed by atoms with Gasteiger partial charge in [-0.1, -0.05) is 0 Å². The molecule has 0 atom stereocenters. The topological polar surface area (TPSA) is 43.8 Å². The van der Waals surface area contributed by atoms with E-state index in [1.807, 2.05) is 0 Å². The lowest BCUT2D eigenvalue weighted by molar-refractivity contribution is 0.527. The second-order valence-electron chi connectivity index (χ2n) is 3.02. The third-order valence-electron chi connectivity index (χ3n) is 1.93. The smallest absolute Gasteiger partial charge is 0.154 e. The lowest BCUT2D eigenvalue weighted by atomic mass is 10.3. The van der Waals surface area contributed by atoms with Gasteiger partial charge in [0.2, 0.25) is 0 Å². The van der Waals surface area contributed by atoms with Crippen molar-refractivity contribution in [3.8, 4) is 5.69 Å². The summed E-state index contributed by atoms with van der Waals surface area (Å²) in [5.74, 6) is -3.10. The van der Waals surface area contributed by atoms with Crippen LogP contribution < -0.4 is 5.73 Å². The molecule has 0 aliphatic rings. The fourth-order valence-corrected chi connectivity index (χ4v) is 1.61. The molecule has 0 aliphatic carbocycles. The predicted molar refractivity (Wildman–Crippen MR) is 55.6 cm³/mol. The first-order chi connectivity index (χ1) is 7.50. The molecule has 0 aliphatic heterocycles. The van der Waals surface area contributed by atoms with E-state index in [-0.39, 0.29) is 10.3 Å². The molecule has 7 heteroatoms. The molecule has 2 rings (SSSR count). The van der Waals surface area contributed by atoms with Crippen LogP contribution in [0.1, 0.15) is 0 Å². The van der Waals surface area contributed by atoms with Crippen LogP contribution in [0.2, 0.25) is 0 Å². The minimum Gasteiger partial charge on any atom is -0.395 e. The second-order valence-corrected chi connectivity index (χ2v) is 3.77. The molecule has 16 heavy (non-hydrogen) atoms. The van der Waals surface area contributed by atoms with Crippen molar-refractivity contribution in [1.82, 2.24) is 9.78 Å². The number of hydrogen-bond donors (Lipinski definition) is 1. The van der Waals surface area contributed by atoms with Crippen molar-refractivity contribution in [3.05, 3.63) is 40.4 Å². The third kappa shape index (κ3) is 1.67. The Morgan fingerprint density at radius 2 is 1.75 bits per heavy atom. The number of nitrogen functional groups attached to an aromatic ring is 1. The lowest BCUT2D eigenvalue weighted by Crippen LogP contribution is -2.04. The van der Waals surface area contributed by atoms with E-state index in [0.717, 1.165) is 4.68 Å². The Bertz CT molecular complexity index is 530. The Morgan fingerprint density at radius 3 is 2.19 bits per heavy atom. The molecule has 0 amide bonds. The van der Waals surface area contributed by atoms with E-state index in [9.17, 15) is 13.2 Å². The first-order valence-electron chi connectivity index (χ1n) is 4.14. The number of nitrogens with two attached hydrogens (primary N) is 1. The number of halogens is 4. The highest BCUT2D eigenvalue weighted by Gasteiger charge is 2.17. The molecular weight excluding hydrogens is 287 g/mol. The lowest BCUT2D eigenvalue weighted by Gasteiger charge is -2.06. The number of nitrogens with zero attached hydrogens (tertiary/aromatic N) is 2. The van der Waals surface area contributed by atoms with Crippen LogP contribution in [0.5, 0.6) is 0 Å². The van der Waals surface area contributed by atoms with Crippen LogP contribution in [0.25, 0.3) is 5.69 Å². The molecule has 3 nitrogen and oxygen atoms in total. The van der Waals surface area contributed by atoms with Crippen molar-refractivity contribution in [2.24, 2.45) is 0 Å². The zero-order chi connectivity index (χ0) is 11.9. The molecule has 0 saturated carbocycles. The Hall–Kier alpha value is -1.50. The van der Waals surface area contributed by atoms with Gasteiger partial charge in [0.1, 0.15) is 16.1 Å². The third-order valence-corrected chi connectivity index (χ3v) is 2.72. The summed E-state index contributed by atoms with van der Waals surface area (Å²) in [6, 6.07) is 1.14. The first kappa shape index (κ1) is 11.0. The number of rotatable bonds is 1. The van der Waals surface area contributed by atoms with Crippen LogP contribution in [0.4, 0.5) is 18.9 Å². The van der Waals surface area contributed by atoms with Gasteiger partial charge in [0.25, 0.3) is 0 Å². The molecule has 0 fully saturated rings. The summed E-state index contributed by atoms with van der Waals surface area (Å²) < 4.78 is 40.6. The fraction of sp³-hybridized carbons (Fsp3) is 0. The standard InChI is InChI=1S/C9H5BrF3N3/c10-9-7(14)3-15-16(9)8-5(12)1-4(11)2-6(8)13/h1-3H,14H2. The van der Waals surface area contributed by atoms with Crippen LogP contribution in [0, 0.1) is 17.5 Å². The molecule has 0 unspecified atom stereocenters. The maximum Gasteiger partial charge on any atom is 0.154 e. The average Bonchev–Trinajstić information content (AvgIpc) is 2.48. The van der Waals surface area contributed by atoms with E-state index in [1.165, 1.54) is 6.20 Å². The van der Waals surface area contributed by atoms with Gasteiger partial charge in [-0.25, -0.2) is 17.9 Å². The van der Waals surface area contributed by atoms with E-state index in [1.54, 1.807) is 0 Å². The van der Waals surface area contributed by atoms with E-state index >= 15 is 0 Å².